The second kappa shape index (κ2) is 9.67. The van der Waals surface area contributed by atoms with Crippen LogP contribution in [0, 0.1) is 26.7 Å². The first kappa shape index (κ1) is 24.5. The molecule has 1 saturated heterocycles. The lowest BCUT2D eigenvalue weighted by molar-refractivity contribution is 0.0689. The lowest BCUT2D eigenvalue weighted by atomic mass is 10.0. The maximum Gasteiger partial charge on any atom is 0.336 e. The highest BCUT2D eigenvalue weighted by molar-refractivity contribution is 7.15. The number of nitrogens with zero attached hydrogens (tertiary/aromatic N) is 2. The summed E-state index contributed by atoms with van der Waals surface area (Å²) in [6.45, 7) is 7.32. The van der Waals surface area contributed by atoms with Crippen molar-refractivity contribution in [3.05, 3.63) is 69.4 Å². The summed E-state index contributed by atoms with van der Waals surface area (Å²) in [4.78, 5) is 31.5. The summed E-state index contributed by atoms with van der Waals surface area (Å²) >= 11 is 1.60. The molecule has 1 saturated carbocycles. The molecule has 0 bridgehead atoms. The number of aromatic nitrogens is 1. The average molecular weight is 506 g/mol. The number of amides is 1. The number of nitrogens with two attached hydrogens (primary N) is 1. The third-order valence-electron chi connectivity index (χ3n) is 7.40. The second-order valence-electron chi connectivity index (χ2n) is 9.80. The van der Waals surface area contributed by atoms with Crippen molar-refractivity contribution in [2.45, 2.75) is 52.1 Å². The van der Waals surface area contributed by atoms with Gasteiger partial charge >= 0.3 is 5.97 Å². The lowest BCUT2D eigenvalue weighted by Gasteiger charge is -2.26. The number of piperidine rings is 1. The highest BCUT2D eigenvalue weighted by Gasteiger charge is 2.54. The Balaban J connectivity index is 0.000000186. The Kier molecular flexibility index (Phi) is 6.57. The van der Waals surface area contributed by atoms with Gasteiger partial charge in [0, 0.05) is 30.6 Å². The molecule has 3 aliphatic rings. The molecule has 36 heavy (non-hydrogen) atoms. The van der Waals surface area contributed by atoms with E-state index in [1.165, 1.54) is 11.1 Å². The normalized spacial score (nSPS) is 21.2. The Hall–Kier alpha value is -3.23. The van der Waals surface area contributed by atoms with Gasteiger partial charge in [-0.05, 0) is 68.4 Å². The van der Waals surface area contributed by atoms with E-state index < -0.39 is 5.97 Å². The number of likely N-dealkylation sites (tertiary alicyclic amines) is 1. The van der Waals surface area contributed by atoms with Crippen LogP contribution in [-0.4, -0.2) is 52.1 Å². The van der Waals surface area contributed by atoms with Gasteiger partial charge in [0.15, 0.2) is 0 Å². The van der Waals surface area contributed by atoms with Gasteiger partial charge in [0.2, 0.25) is 0 Å². The smallest absolute Gasteiger partial charge is 0.336 e. The zero-order chi connectivity index (χ0) is 25.6. The summed E-state index contributed by atoms with van der Waals surface area (Å²) in [7, 11) is 0. The summed E-state index contributed by atoms with van der Waals surface area (Å²) < 4.78 is 5.23. The molecule has 1 amide bonds. The molecule has 3 atom stereocenters. The average Bonchev–Trinajstić information content (AvgIpc) is 3.20. The Morgan fingerprint density at radius 1 is 1.17 bits per heavy atom. The van der Waals surface area contributed by atoms with Crippen LogP contribution in [0.2, 0.25) is 0 Å². The van der Waals surface area contributed by atoms with E-state index in [9.17, 15) is 9.59 Å². The van der Waals surface area contributed by atoms with E-state index in [1.807, 2.05) is 11.8 Å². The molecule has 7 nitrogen and oxygen atoms in total. The van der Waals surface area contributed by atoms with Crippen molar-refractivity contribution in [3.63, 3.8) is 0 Å². The van der Waals surface area contributed by atoms with Crippen LogP contribution in [-0.2, 0) is 6.42 Å². The first-order chi connectivity index (χ1) is 17.3. The van der Waals surface area contributed by atoms with Crippen LogP contribution in [0.1, 0.15) is 55.4 Å². The van der Waals surface area contributed by atoms with Crippen molar-refractivity contribution in [1.29, 1.82) is 0 Å². The van der Waals surface area contributed by atoms with Crippen molar-refractivity contribution in [3.8, 4) is 16.2 Å². The quantitative estimate of drug-likeness (QED) is 0.536. The standard InChI is InChI=1S/C19H23N3OS.C9H8O3/c1-10-4-5-13(6-11(10)2)18-17(21-12(3)24-18)19(23)22-15(9-20)7-14-8-16(14)22;10-9(11)7-2-1-3-8-6(7)4-5-12-8/h4-6,14-16H,7-9,20H2,1-3H3;1-3H,4-5H2,(H,10,11)/t14-,15+,16+;/m1./s1. The fourth-order valence-electron chi connectivity index (χ4n) is 5.28. The number of thiazole rings is 1. The van der Waals surface area contributed by atoms with E-state index >= 15 is 0 Å². The number of carboxylic acids is 1. The SMILES string of the molecule is Cc1nc(C(=O)N2[C@H](CN)C[C@@H]3C[C@@H]32)c(-c2ccc(C)c(C)c2)s1.O=C(O)c1cccc2c1CCO2. The summed E-state index contributed by atoms with van der Waals surface area (Å²) in [6.07, 6.45) is 2.89. The first-order valence-corrected chi connectivity index (χ1v) is 13.2. The number of hydrogen-bond acceptors (Lipinski definition) is 6. The number of hydrogen-bond donors (Lipinski definition) is 2. The van der Waals surface area contributed by atoms with Crippen LogP contribution < -0.4 is 10.5 Å². The van der Waals surface area contributed by atoms with Gasteiger partial charge in [-0.25, -0.2) is 9.78 Å². The zero-order valence-corrected chi connectivity index (χ0v) is 21.6. The van der Waals surface area contributed by atoms with Crippen molar-refractivity contribution >= 4 is 23.2 Å². The molecule has 3 heterocycles. The fourth-order valence-corrected chi connectivity index (χ4v) is 6.19. The summed E-state index contributed by atoms with van der Waals surface area (Å²) in [5, 5.41) is 9.73. The van der Waals surface area contributed by atoms with E-state index in [2.05, 4.69) is 37.0 Å². The number of carbonyl (C=O) groups excluding carboxylic acids is 1. The van der Waals surface area contributed by atoms with Gasteiger partial charge in [-0.3, -0.25) is 4.79 Å². The van der Waals surface area contributed by atoms with Gasteiger partial charge in [-0.15, -0.1) is 11.3 Å². The van der Waals surface area contributed by atoms with Gasteiger partial charge in [0.1, 0.15) is 11.4 Å². The maximum absolute atomic E-state index is 13.2. The molecule has 1 aromatic heterocycles. The number of rotatable bonds is 4. The summed E-state index contributed by atoms with van der Waals surface area (Å²) in [5.74, 6) is 0.563. The maximum atomic E-state index is 13.2. The Morgan fingerprint density at radius 2 is 1.97 bits per heavy atom. The lowest BCUT2D eigenvalue weighted by Crippen LogP contribution is -2.42. The summed E-state index contributed by atoms with van der Waals surface area (Å²) in [5.41, 5.74) is 11.3. The van der Waals surface area contributed by atoms with Crippen molar-refractivity contribution in [2.75, 3.05) is 13.2 Å². The molecular formula is C28H31N3O4S. The minimum Gasteiger partial charge on any atom is -0.493 e. The number of ether oxygens (including phenoxy) is 1. The van der Waals surface area contributed by atoms with Gasteiger partial charge in [-0.1, -0.05) is 24.3 Å². The molecule has 0 unspecified atom stereocenters. The van der Waals surface area contributed by atoms with E-state index in [-0.39, 0.29) is 11.9 Å². The largest absolute Gasteiger partial charge is 0.493 e. The first-order valence-electron chi connectivity index (χ1n) is 12.3. The summed E-state index contributed by atoms with van der Waals surface area (Å²) in [6, 6.07) is 12.0. The van der Waals surface area contributed by atoms with Crippen LogP contribution in [0.15, 0.2) is 36.4 Å². The predicted octanol–water partition coefficient (Wildman–Crippen LogP) is 4.62. The molecule has 3 N–H and O–H groups in total. The topological polar surface area (TPSA) is 106 Å². The van der Waals surface area contributed by atoms with Crippen LogP contribution in [0.3, 0.4) is 0 Å². The Labute approximate surface area is 214 Å². The molecule has 2 fully saturated rings. The highest BCUT2D eigenvalue weighted by atomic mass is 32.1. The van der Waals surface area contributed by atoms with Crippen LogP contribution in [0.25, 0.3) is 10.4 Å². The number of aromatic carboxylic acids is 1. The van der Waals surface area contributed by atoms with Crippen molar-refractivity contribution in [1.82, 2.24) is 9.88 Å². The van der Waals surface area contributed by atoms with E-state index in [0.717, 1.165) is 39.6 Å². The molecule has 188 valence electrons. The molecule has 0 spiro atoms. The van der Waals surface area contributed by atoms with Crippen molar-refractivity contribution < 1.29 is 19.4 Å². The molecule has 2 aromatic carbocycles. The van der Waals surface area contributed by atoms with Gasteiger partial charge < -0.3 is 20.5 Å². The second-order valence-corrected chi connectivity index (χ2v) is 11.0. The monoisotopic (exact) mass is 505 g/mol. The molecule has 6 rings (SSSR count). The number of carbonyl (C=O) groups is 2. The molecule has 3 aromatic rings. The van der Waals surface area contributed by atoms with E-state index in [0.29, 0.717) is 42.8 Å². The van der Waals surface area contributed by atoms with Gasteiger partial charge in [0.05, 0.1) is 22.1 Å². The number of fused-ring (bicyclic) bond motifs is 2. The third-order valence-corrected chi connectivity index (χ3v) is 8.42. The number of carboxylic acid groups (broad SMARTS) is 1. The fraction of sp³-hybridized carbons (Fsp3) is 0.393. The van der Waals surface area contributed by atoms with Gasteiger partial charge in [-0.2, -0.15) is 0 Å². The van der Waals surface area contributed by atoms with Crippen molar-refractivity contribution in [2.24, 2.45) is 11.7 Å². The Morgan fingerprint density at radius 3 is 2.69 bits per heavy atom. The third kappa shape index (κ3) is 4.51. The molecular weight excluding hydrogens is 474 g/mol. The Bertz CT molecular complexity index is 1330. The number of benzene rings is 2. The van der Waals surface area contributed by atoms with Crippen LogP contribution >= 0.6 is 11.3 Å². The minimum atomic E-state index is -0.877. The van der Waals surface area contributed by atoms with Crippen LogP contribution in [0.4, 0.5) is 0 Å². The zero-order valence-electron chi connectivity index (χ0n) is 20.8. The highest BCUT2D eigenvalue weighted by Crippen LogP contribution is 2.48. The van der Waals surface area contributed by atoms with Crippen LogP contribution in [0.5, 0.6) is 5.75 Å². The predicted molar refractivity (Wildman–Crippen MR) is 140 cm³/mol. The molecule has 2 aliphatic heterocycles. The minimum absolute atomic E-state index is 0.0630. The molecule has 8 heteroatoms. The molecule has 1 aliphatic carbocycles. The van der Waals surface area contributed by atoms with E-state index in [1.54, 1.807) is 29.5 Å². The number of aryl methyl sites for hydroxylation is 3. The molecule has 0 radical (unpaired) electrons. The van der Waals surface area contributed by atoms with Gasteiger partial charge in [0.25, 0.3) is 5.91 Å². The van der Waals surface area contributed by atoms with E-state index in [4.69, 9.17) is 15.6 Å².